The maximum absolute atomic E-state index is 12.4. The maximum Gasteiger partial charge on any atom is 0.422 e. The van der Waals surface area contributed by atoms with Crippen molar-refractivity contribution in [2.24, 2.45) is 0 Å². The zero-order valence-corrected chi connectivity index (χ0v) is 13.4. The van der Waals surface area contributed by atoms with Gasteiger partial charge in [0.15, 0.2) is 12.9 Å². The number of ether oxygens (including phenoxy) is 1. The molecule has 0 radical (unpaired) electrons. The number of aromatic nitrogens is 1. The second kappa shape index (κ2) is 5.83. The van der Waals surface area contributed by atoms with Crippen molar-refractivity contribution < 1.29 is 22.7 Å². The van der Waals surface area contributed by atoms with Gasteiger partial charge in [0.05, 0.1) is 5.52 Å². The van der Waals surface area contributed by atoms with Crippen molar-refractivity contribution in [2.45, 2.75) is 39.3 Å². The number of pyridine rings is 1. The summed E-state index contributed by atoms with van der Waals surface area (Å²) in [5.41, 5.74) is 2.04. The minimum absolute atomic E-state index is 0.142. The molecular weight excluding hydrogens is 307 g/mol. The minimum atomic E-state index is -4.40. The van der Waals surface area contributed by atoms with E-state index in [2.05, 4.69) is 4.98 Å². The van der Waals surface area contributed by atoms with Crippen molar-refractivity contribution in [3.05, 3.63) is 35.0 Å². The second-order valence-corrected chi connectivity index (χ2v) is 6.50. The number of aryl methyl sites for hydroxylation is 1. The molecule has 0 spiro atoms. The van der Waals surface area contributed by atoms with Crippen LogP contribution in [0.1, 0.15) is 42.4 Å². The number of nitrogens with zero attached hydrogens (tertiary/aromatic N) is 1. The van der Waals surface area contributed by atoms with Crippen LogP contribution in [-0.4, -0.2) is 24.1 Å². The average Bonchev–Trinajstić information content (AvgIpc) is 2.42. The van der Waals surface area contributed by atoms with Gasteiger partial charge in [-0.2, -0.15) is 13.2 Å². The molecule has 3 nitrogen and oxygen atoms in total. The van der Waals surface area contributed by atoms with E-state index >= 15 is 0 Å². The lowest BCUT2D eigenvalue weighted by atomic mass is 9.84. The topological polar surface area (TPSA) is 39.2 Å². The Bertz CT molecular complexity index is 746. The van der Waals surface area contributed by atoms with Crippen LogP contribution < -0.4 is 4.74 Å². The molecule has 0 N–H and O–H groups in total. The molecule has 1 heterocycles. The average molecular weight is 325 g/mol. The summed E-state index contributed by atoms with van der Waals surface area (Å²) in [5, 5.41) is 0.681. The number of aldehydes is 1. The molecule has 0 fully saturated rings. The highest BCUT2D eigenvalue weighted by molar-refractivity contribution is 5.90. The van der Waals surface area contributed by atoms with E-state index in [4.69, 9.17) is 4.74 Å². The number of benzene rings is 1. The fraction of sp³-hybridized carbons (Fsp3) is 0.412. The van der Waals surface area contributed by atoms with Crippen molar-refractivity contribution in [2.75, 3.05) is 6.61 Å². The number of carbonyl (C=O) groups is 1. The smallest absolute Gasteiger partial charge is 0.422 e. The van der Waals surface area contributed by atoms with Gasteiger partial charge in [0.1, 0.15) is 11.4 Å². The molecule has 0 saturated heterocycles. The monoisotopic (exact) mass is 325 g/mol. The van der Waals surface area contributed by atoms with Crippen LogP contribution >= 0.6 is 0 Å². The lowest BCUT2D eigenvalue weighted by Gasteiger charge is -2.23. The summed E-state index contributed by atoms with van der Waals surface area (Å²) < 4.78 is 42.1. The number of alkyl halides is 3. The molecule has 1 aromatic heterocycles. The minimum Gasteiger partial charge on any atom is -0.484 e. The van der Waals surface area contributed by atoms with E-state index in [1.165, 1.54) is 6.07 Å². The molecule has 1 aromatic carbocycles. The quantitative estimate of drug-likeness (QED) is 0.775. The van der Waals surface area contributed by atoms with Gasteiger partial charge in [-0.25, -0.2) is 4.98 Å². The lowest BCUT2D eigenvalue weighted by molar-refractivity contribution is -0.153. The van der Waals surface area contributed by atoms with Crippen LogP contribution in [0.5, 0.6) is 5.75 Å². The molecule has 0 amide bonds. The van der Waals surface area contributed by atoms with Crippen molar-refractivity contribution in [1.29, 1.82) is 0 Å². The van der Waals surface area contributed by atoms with Crippen LogP contribution in [0, 0.1) is 6.92 Å². The van der Waals surface area contributed by atoms with E-state index in [0.29, 0.717) is 22.9 Å². The fourth-order valence-electron chi connectivity index (χ4n) is 2.37. The third-order valence-electron chi connectivity index (χ3n) is 3.44. The first-order valence-corrected chi connectivity index (χ1v) is 7.12. The van der Waals surface area contributed by atoms with Gasteiger partial charge < -0.3 is 4.74 Å². The van der Waals surface area contributed by atoms with E-state index in [-0.39, 0.29) is 11.2 Å². The Labute approximate surface area is 132 Å². The molecule has 0 bridgehead atoms. The Morgan fingerprint density at radius 1 is 1.17 bits per heavy atom. The molecule has 6 heteroatoms. The van der Waals surface area contributed by atoms with Gasteiger partial charge in [0.2, 0.25) is 0 Å². The number of halogens is 3. The summed E-state index contributed by atoms with van der Waals surface area (Å²) >= 11 is 0. The highest BCUT2D eigenvalue weighted by Gasteiger charge is 2.29. The summed E-state index contributed by atoms with van der Waals surface area (Å²) in [6.07, 6.45) is -3.74. The van der Waals surface area contributed by atoms with Crippen molar-refractivity contribution in [1.82, 2.24) is 4.98 Å². The van der Waals surface area contributed by atoms with Gasteiger partial charge in [0.25, 0.3) is 0 Å². The number of hydrogen-bond donors (Lipinski definition) is 0. The molecule has 23 heavy (non-hydrogen) atoms. The molecular formula is C17H18F3NO2. The number of hydrogen-bond acceptors (Lipinski definition) is 3. The third kappa shape index (κ3) is 4.00. The van der Waals surface area contributed by atoms with Gasteiger partial charge in [0, 0.05) is 5.39 Å². The van der Waals surface area contributed by atoms with Crippen molar-refractivity contribution in [3.8, 4) is 5.75 Å². The van der Waals surface area contributed by atoms with Gasteiger partial charge in [-0.15, -0.1) is 0 Å². The molecule has 0 aliphatic rings. The number of rotatable bonds is 3. The molecule has 0 unspecified atom stereocenters. The summed E-state index contributed by atoms with van der Waals surface area (Å²) in [5.74, 6) is 0.142. The summed E-state index contributed by atoms with van der Waals surface area (Å²) in [4.78, 5) is 15.4. The Morgan fingerprint density at radius 3 is 2.35 bits per heavy atom. The lowest BCUT2D eigenvalue weighted by Crippen LogP contribution is -2.20. The van der Waals surface area contributed by atoms with Crippen molar-refractivity contribution in [3.63, 3.8) is 0 Å². The molecule has 2 rings (SSSR count). The predicted molar refractivity (Wildman–Crippen MR) is 82.1 cm³/mol. The van der Waals surface area contributed by atoms with Crippen molar-refractivity contribution >= 4 is 17.2 Å². The van der Waals surface area contributed by atoms with Crippen LogP contribution in [0.3, 0.4) is 0 Å². The standard InChI is InChI=1S/C17H18F3NO2/c1-10-5-11(8-22)21-15-13(10)6-12(23-9-17(18,19)20)7-14(15)16(2,3)4/h5-8H,9H2,1-4H3. The molecule has 0 aliphatic carbocycles. The maximum atomic E-state index is 12.4. The first kappa shape index (κ1) is 17.2. The SMILES string of the molecule is Cc1cc(C=O)nc2c(C(C)(C)C)cc(OCC(F)(F)F)cc12. The van der Waals surface area contributed by atoms with Crippen LogP contribution in [0.15, 0.2) is 18.2 Å². The van der Waals surface area contributed by atoms with Crippen LogP contribution in [0.4, 0.5) is 13.2 Å². The van der Waals surface area contributed by atoms with E-state index in [0.717, 1.165) is 11.1 Å². The first-order valence-electron chi connectivity index (χ1n) is 7.12. The Morgan fingerprint density at radius 2 is 1.83 bits per heavy atom. The fourth-order valence-corrected chi connectivity index (χ4v) is 2.37. The predicted octanol–water partition coefficient (Wildman–Crippen LogP) is 4.59. The highest BCUT2D eigenvalue weighted by atomic mass is 19.4. The Kier molecular flexibility index (Phi) is 4.37. The number of fused-ring (bicyclic) bond motifs is 1. The molecule has 0 atom stereocenters. The van der Waals surface area contributed by atoms with E-state index in [1.807, 2.05) is 20.8 Å². The van der Waals surface area contributed by atoms with E-state index in [9.17, 15) is 18.0 Å². The number of carbonyl (C=O) groups excluding carboxylic acids is 1. The molecule has 0 saturated carbocycles. The molecule has 124 valence electrons. The van der Waals surface area contributed by atoms with Gasteiger partial charge >= 0.3 is 6.18 Å². The van der Waals surface area contributed by atoms with E-state index < -0.39 is 12.8 Å². The normalized spacial score (nSPS) is 12.5. The summed E-state index contributed by atoms with van der Waals surface area (Å²) in [7, 11) is 0. The van der Waals surface area contributed by atoms with E-state index in [1.54, 1.807) is 19.1 Å². The Hall–Kier alpha value is -2.11. The first-order chi connectivity index (χ1) is 10.5. The summed E-state index contributed by atoms with van der Waals surface area (Å²) in [6.45, 7) is 6.23. The second-order valence-electron chi connectivity index (χ2n) is 6.50. The van der Waals surface area contributed by atoms with Gasteiger partial charge in [-0.05, 0) is 41.7 Å². The third-order valence-corrected chi connectivity index (χ3v) is 3.44. The van der Waals surface area contributed by atoms with Crippen LogP contribution in [0.25, 0.3) is 10.9 Å². The van der Waals surface area contributed by atoms with Crippen LogP contribution in [-0.2, 0) is 5.41 Å². The summed E-state index contributed by atoms with van der Waals surface area (Å²) in [6, 6.07) is 4.71. The van der Waals surface area contributed by atoms with Crippen LogP contribution in [0.2, 0.25) is 0 Å². The zero-order chi connectivity index (χ0) is 17.4. The molecule has 2 aromatic rings. The largest absolute Gasteiger partial charge is 0.484 e. The highest BCUT2D eigenvalue weighted by Crippen LogP contribution is 2.35. The molecule has 0 aliphatic heterocycles. The Balaban J connectivity index is 2.65. The van der Waals surface area contributed by atoms with Gasteiger partial charge in [-0.3, -0.25) is 4.79 Å². The zero-order valence-electron chi connectivity index (χ0n) is 13.4. The van der Waals surface area contributed by atoms with Gasteiger partial charge in [-0.1, -0.05) is 20.8 Å².